The van der Waals surface area contributed by atoms with Crippen LogP contribution in [-0.4, -0.2) is 48.1 Å². The molecule has 1 fully saturated rings. The number of benzene rings is 2. The predicted molar refractivity (Wildman–Crippen MR) is 137 cm³/mol. The number of hydrogen-bond donors (Lipinski definition) is 4. The molecule has 1 saturated heterocycles. The zero-order valence-electron chi connectivity index (χ0n) is 19.5. The molecule has 0 bridgehead atoms. The summed E-state index contributed by atoms with van der Waals surface area (Å²) in [7, 11) is 0. The minimum absolute atomic E-state index is 0.0522. The molecule has 2 aromatic carbocycles. The van der Waals surface area contributed by atoms with Gasteiger partial charge in [0.05, 0.1) is 30.6 Å². The van der Waals surface area contributed by atoms with Crippen molar-refractivity contribution in [2.45, 2.75) is 33.0 Å². The van der Waals surface area contributed by atoms with Crippen molar-refractivity contribution in [3.63, 3.8) is 0 Å². The molecule has 2 aliphatic rings. The summed E-state index contributed by atoms with van der Waals surface area (Å²) < 4.78 is 11.2. The molecule has 2 aliphatic heterocycles. The van der Waals surface area contributed by atoms with Crippen LogP contribution in [0.3, 0.4) is 0 Å². The van der Waals surface area contributed by atoms with Crippen molar-refractivity contribution >= 4 is 40.0 Å². The number of para-hydroxylation sites is 2. The van der Waals surface area contributed by atoms with E-state index in [1.807, 2.05) is 74.2 Å². The number of aliphatic imine (C=N–C) groups is 1. The van der Waals surface area contributed by atoms with Crippen LogP contribution >= 0.6 is 11.8 Å². The zero-order chi connectivity index (χ0) is 24.1. The minimum atomic E-state index is -0.259. The molecule has 0 spiro atoms. The molecular weight excluding hydrogens is 452 g/mol. The summed E-state index contributed by atoms with van der Waals surface area (Å²) in [5, 5.41) is 12.5. The normalized spacial score (nSPS) is 21.6. The van der Waals surface area contributed by atoms with Gasteiger partial charge in [-0.2, -0.15) is 0 Å². The lowest BCUT2D eigenvalue weighted by molar-refractivity contribution is -0.113. The minimum Gasteiger partial charge on any atom is -0.494 e. The highest BCUT2D eigenvalue weighted by Crippen LogP contribution is 2.32. The first kappa shape index (κ1) is 24.1. The molecule has 0 aliphatic carbocycles. The highest BCUT2D eigenvalue weighted by molar-refractivity contribution is 8.14. The first-order valence-corrected chi connectivity index (χ1v) is 12.3. The Kier molecular flexibility index (Phi) is 7.71. The Morgan fingerprint density at radius 3 is 2.59 bits per heavy atom. The summed E-state index contributed by atoms with van der Waals surface area (Å²) in [4.78, 5) is 19.4. The maximum Gasteiger partial charge on any atom is 0.234 e. The van der Waals surface area contributed by atoms with Gasteiger partial charge < -0.3 is 14.8 Å². The van der Waals surface area contributed by atoms with Crippen molar-refractivity contribution < 1.29 is 14.3 Å². The summed E-state index contributed by atoms with van der Waals surface area (Å²) in [6.45, 7) is 6.97. The second kappa shape index (κ2) is 10.9. The summed E-state index contributed by atoms with van der Waals surface area (Å²) in [5.41, 5.74) is 7.78. The summed E-state index contributed by atoms with van der Waals surface area (Å²) in [5.74, 6) is 1.67. The van der Waals surface area contributed by atoms with Gasteiger partial charge in [-0.1, -0.05) is 23.9 Å². The lowest BCUT2D eigenvalue weighted by atomic mass is 9.97. The molecule has 0 radical (unpaired) electrons. The van der Waals surface area contributed by atoms with Gasteiger partial charge in [0.25, 0.3) is 0 Å². The Morgan fingerprint density at radius 2 is 1.85 bits per heavy atom. The molecule has 2 heterocycles. The van der Waals surface area contributed by atoms with E-state index in [4.69, 9.17) is 19.9 Å². The first-order chi connectivity index (χ1) is 16.5. The Labute approximate surface area is 203 Å². The molecule has 9 nitrogen and oxygen atoms in total. The molecule has 0 aromatic heterocycles. The van der Waals surface area contributed by atoms with E-state index >= 15 is 0 Å². The molecule has 34 heavy (non-hydrogen) atoms. The fraction of sp³-hybridized carbons (Fsp3) is 0.375. The number of carbonyl (C=O) groups is 1. The molecule has 1 amide bonds. The van der Waals surface area contributed by atoms with Gasteiger partial charge in [0.15, 0.2) is 5.17 Å². The number of nitrogens with one attached hydrogen (secondary N) is 4. The van der Waals surface area contributed by atoms with E-state index in [9.17, 15) is 4.79 Å². The quantitative estimate of drug-likeness (QED) is 0.456. The van der Waals surface area contributed by atoms with Crippen LogP contribution in [-0.2, 0) is 4.79 Å². The van der Waals surface area contributed by atoms with Gasteiger partial charge in [-0.3, -0.25) is 20.5 Å². The third-order valence-electron chi connectivity index (χ3n) is 5.53. The number of ether oxygens (including phenoxy) is 2. The van der Waals surface area contributed by atoms with Crippen LogP contribution in [0, 0.1) is 11.3 Å². The number of amides is 1. The second-order valence-electron chi connectivity index (χ2n) is 7.87. The van der Waals surface area contributed by atoms with E-state index in [1.165, 1.54) is 11.8 Å². The van der Waals surface area contributed by atoms with Crippen LogP contribution in [0.25, 0.3) is 0 Å². The third-order valence-corrected chi connectivity index (χ3v) is 6.49. The van der Waals surface area contributed by atoms with Crippen LogP contribution in [0.4, 0.5) is 11.4 Å². The van der Waals surface area contributed by atoms with Crippen molar-refractivity contribution in [3.05, 3.63) is 48.5 Å². The number of thioether (sulfide) groups is 1. The number of fused-ring (bicyclic) bond motifs is 1. The van der Waals surface area contributed by atoms with E-state index in [1.54, 1.807) is 0 Å². The predicted octanol–water partition coefficient (Wildman–Crippen LogP) is 3.45. The molecule has 2 aromatic rings. The largest absolute Gasteiger partial charge is 0.494 e. The maximum atomic E-state index is 12.8. The van der Waals surface area contributed by atoms with E-state index in [-0.39, 0.29) is 29.8 Å². The smallest absolute Gasteiger partial charge is 0.234 e. The molecule has 4 N–H and O–H groups in total. The molecular formula is C24H30N6O3S. The standard InChI is InChI=1S/C24H30N6O3S/c1-4-32-17-12-10-16(11-13-17)30-22(25)21-15(3)28-29-23(21)27-24(30)34-14-20(31)26-18-8-6-7-9-19(18)33-5-2/h6-13,15,21,23,25,28-29H,4-5,14H2,1-3H3,(H,26,31). The Bertz CT molecular complexity index is 1060. The van der Waals surface area contributed by atoms with E-state index < -0.39 is 0 Å². The van der Waals surface area contributed by atoms with Gasteiger partial charge in [0, 0.05) is 11.7 Å². The van der Waals surface area contributed by atoms with Gasteiger partial charge in [-0.25, -0.2) is 10.4 Å². The van der Waals surface area contributed by atoms with Crippen molar-refractivity contribution in [1.29, 1.82) is 5.41 Å². The van der Waals surface area contributed by atoms with Gasteiger partial charge in [-0.05, 0) is 57.2 Å². The van der Waals surface area contributed by atoms with Crippen LogP contribution in [0.2, 0.25) is 0 Å². The maximum absolute atomic E-state index is 12.8. The van der Waals surface area contributed by atoms with Crippen LogP contribution < -0.4 is 30.5 Å². The lowest BCUT2D eigenvalue weighted by Crippen LogP contribution is -2.50. The monoisotopic (exact) mass is 482 g/mol. The average Bonchev–Trinajstić information content (AvgIpc) is 3.21. The number of hydrogen-bond acceptors (Lipinski definition) is 8. The highest BCUT2D eigenvalue weighted by atomic mass is 32.2. The van der Waals surface area contributed by atoms with Crippen molar-refractivity contribution in [3.8, 4) is 11.5 Å². The van der Waals surface area contributed by atoms with E-state index in [2.05, 4.69) is 16.2 Å². The van der Waals surface area contributed by atoms with E-state index in [0.717, 1.165) is 11.4 Å². The molecule has 180 valence electrons. The molecule has 4 rings (SSSR count). The fourth-order valence-electron chi connectivity index (χ4n) is 3.97. The van der Waals surface area contributed by atoms with Crippen LogP contribution in [0.15, 0.2) is 53.5 Å². The van der Waals surface area contributed by atoms with Crippen molar-refractivity contribution in [2.24, 2.45) is 10.9 Å². The average molecular weight is 483 g/mol. The molecule has 3 unspecified atom stereocenters. The number of rotatable bonds is 8. The van der Waals surface area contributed by atoms with Crippen LogP contribution in [0.1, 0.15) is 20.8 Å². The first-order valence-electron chi connectivity index (χ1n) is 11.4. The molecule has 10 heteroatoms. The number of carbonyl (C=O) groups excluding carboxylic acids is 1. The van der Waals surface area contributed by atoms with Crippen molar-refractivity contribution in [2.75, 3.05) is 29.2 Å². The molecule has 3 atom stereocenters. The van der Waals surface area contributed by atoms with E-state index in [0.29, 0.717) is 35.7 Å². The van der Waals surface area contributed by atoms with Gasteiger partial charge in [-0.15, -0.1) is 0 Å². The highest BCUT2D eigenvalue weighted by Gasteiger charge is 2.43. The van der Waals surface area contributed by atoms with Gasteiger partial charge >= 0.3 is 0 Å². The van der Waals surface area contributed by atoms with Gasteiger partial charge in [0.1, 0.15) is 23.5 Å². The fourth-order valence-corrected chi connectivity index (χ4v) is 4.83. The van der Waals surface area contributed by atoms with Crippen molar-refractivity contribution in [1.82, 2.24) is 10.9 Å². The van der Waals surface area contributed by atoms with Gasteiger partial charge in [0.2, 0.25) is 5.91 Å². The topological polar surface area (TPSA) is 111 Å². The zero-order valence-corrected chi connectivity index (χ0v) is 20.3. The number of anilines is 2. The van der Waals surface area contributed by atoms with Crippen LogP contribution in [0.5, 0.6) is 11.5 Å². The number of hydrazine groups is 1. The Balaban J connectivity index is 1.52. The lowest BCUT2D eigenvalue weighted by Gasteiger charge is -2.36. The summed E-state index contributed by atoms with van der Waals surface area (Å²) >= 11 is 1.30. The third kappa shape index (κ3) is 5.19. The second-order valence-corrected chi connectivity index (χ2v) is 8.82. The Hall–Kier alpha value is -3.08. The number of amidine groups is 2. The molecule has 0 saturated carbocycles. The Morgan fingerprint density at radius 1 is 1.12 bits per heavy atom. The SMILES string of the molecule is CCOc1ccc(N2C(=N)C3C(C)NNC3N=C2SCC(=O)Nc2ccccc2OCC)cc1. The summed E-state index contributed by atoms with van der Waals surface area (Å²) in [6, 6.07) is 15.0. The summed E-state index contributed by atoms with van der Waals surface area (Å²) in [6.07, 6.45) is -0.259. The number of nitrogens with zero attached hydrogens (tertiary/aromatic N) is 2.